The van der Waals surface area contributed by atoms with Crippen molar-refractivity contribution in [3.05, 3.63) is 36.2 Å². The summed E-state index contributed by atoms with van der Waals surface area (Å²) in [6.45, 7) is 8.52. The van der Waals surface area contributed by atoms with Crippen LogP contribution in [0, 0.1) is 11.8 Å². The van der Waals surface area contributed by atoms with Gasteiger partial charge in [0.1, 0.15) is 11.9 Å². The maximum absolute atomic E-state index is 5.50. The van der Waals surface area contributed by atoms with Gasteiger partial charge in [0, 0.05) is 35.9 Å². The predicted octanol–water partition coefficient (Wildman–Crippen LogP) is 3.99. The molecule has 0 saturated carbocycles. The van der Waals surface area contributed by atoms with Crippen molar-refractivity contribution in [1.29, 1.82) is 0 Å². The molecule has 0 bridgehead atoms. The van der Waals surface area contributed by atoms with Crippen LogP contribution in [0.2, 0.25) is 0 Å². The Bertz CT molecular complexity index is 798. The number of hydrogen-bond donors (Lipinski definition) is 1. The zero-order valence-corrected chi connectivity index (χ0v) is 15.6. The fourth-order valence-corrected chi connectivity index (χ4v) is 3.02. The standard InChI is InChI=1S/C17H22N6OS/c1-10(2)9-13-19-17(25-23-13)20-14(11(3)4)16-21-15(22-24-16)12-5-7-18-8-6-12/h5-8,10-11,14H,9H2,1-4H3,(H,19,20,23). The van der Waals surface area contributed by atoms with E-state index < -0.39 is 0 Å². The van der Waals surface area contributed by atoms with E-state index in [0.717, 1.165) is 22.9 Å². The van der Waals surface area contributed by atoms with E-state index in [0.29, 0.717) is 17.6 Å². The minimum absolute atomic E-state index is 0.122. The molecule has 0 spiro atoms. The third-order valence-corrected chi connectivity index (χ3v) is 4.33. The van der Waals surface area contributed by atoms with Gasteiger partial charge in [0.15, 0.2) is 0 Å². The second kappa shape index (κ2) is 7.69. The summed E-state index contributed by atoms with van der Waals surface area (Å²) in [4.78, 5) is 13.1. The lowest BCUT2D eigenvalue weighted by Crippen LogP contribution is -2.17. The van der Waals surface area contributed by atoms with Crippen molar-refractivity contribution in [1.82, 2.24) is 24.5 Å². The number of nitrogens with zero attached hydrogens (tertiary/aromatic N) is 5. The monoisotopic (exact) mass is 358 g/mol. The second-order valence-electron chi connectivity index (χ2n) is 6.67. The fourth-order valence-electron chi connectivity index (χ4n) is 2.39. The van der Waals surface area contributed by atoms with E-state index in [4.69, 9.17) is 4.52 Å². The first-order valence-electron chi connectivity index (χ1n) is 8.36. The lowest BCUT2D eigenvalue weighted by atomic mass is 10.0. The number of aromatic nitrogens is 5. The van der Waals surface area contributed by atoms with Crippen molar-refractivity contribution >= 4 is 16.7 Å². The predicted molar refractivity (Wildman–Crippen MR) is 97.2 cm³/mol. The Morgan fingerprint density at radius 1 is 1.12 bits per heavy atom. The number of anilines is 1. The van der Waals surface area contributed by atoms with Crippen LogP contribution in [0.25, 0.3) is 11.4 Å². The summed E-state index contributed by atoms with van der Waals surface area (Å²) in [6.07, 6.45) is 4.29. The van der Waals surface area contributed by atoms with Crippen LogP contribution in [0.1, 0.15) is 45.5 Å². The van der Waals surface area contributed by atoms with Crippen molar-refractivity contribution in [2.24, 2.45) is 11.8 Å². The van der Waals surface area contributed by atoms with Gasteiger partial charge >= 0.3 is 0 Å². The van der Waals surface area contributed by atoms with Crippen LogP contribution in [-0.2, 0) is 6.42 Å². The normalized spacial score (nSPS) is 12.7. The van der Waals surface area contributed by atoms with Crippen LogP contribution >= 0.6 is 11.5 Å². The molecule has 3 aromatic rings. The van der Waals surface area contributed by atoms with E-state index in [1.165, 1.54) is 11.5 Å². The average Bonchev–Trinajstić information content (AvgIpc) is 3.22. The molecule has 25 heavy (non-hydrogen) atoms. The highest BCUT2D eigenvalue weighted by atomic mass is 32.1. The van der Waals surface area contributed by atoms with Crippen molar-refractivity contribution in [2.75, 3.05) is 5.32 Å². The molecule has 0 amide bonds. The Labute approximate surface area is 151 Å². The maximum atomic E-state index is 5.50. The van der Waals surface area contributed by atoms with Crippen LogP contribution in [0.3, 0.4) is 0 Å². The van der Waals surface area contributed by atoms with Gasteiger partial charge in [-0.15, -0.1) is 0 Å². The lowest BCUT2D eigenvalue weighted by Gasteiger charge is -2.17. The summed E-state index contributed by atoms with van der Waals surface area (Å²) >= 11 is 1.36. The molecule has 1 atom stereocenters. The molecule has 0 aromatic carbocycles. The van der Waals surface area contributed by atoms with Gasteiger partial charge in [0.25, 0.3) is 0 Å². The molecule has 1 unspecified atom stereocenters. The van der Waals surface area contributed by atoms with Gasteiger partial charge in [0.2, 0.25) is 16.8 Å². The molecule has 3 rings (SSSR count). The summed E-state index contributed by atoms with van der Waals surface area (Å²) in [5.41, 5.74) is 0.877. The summed E-state index contributed by atoms with van der Waals surface area (Å²) in [7, 11) is 0. The Morgan fingerprint density at radius 3 is 2.56 bits per heavy atom. The smallest absolute Gasteiger partial charge is 0.249 e. The molecule has 0 saturated heterocycles. The highest BCUT2D eigenvalue weighted by Gasteiger charge is 2.24. The van der Waals surface area contributed by atoms with E-state index in [9.17, 15) is 0 Å². The minimum Gasteiger partial charge on any atom is -0.348 e. The maximum Gasteiger partial charge on any atom is 0.249 e. The molecule has 0 fully saturated rings. The first kappa shape index (κ1) is 17.5. The molecular formula is C17H22N6OS. The van der Waals surface area contributed by atoms with E-state index >= 15 is 0 Å². The molecule has 0 aliphatic carbocycles. The van der Waals surface area contributed by atoms with Crippen LogP contribution in [-0.4, -0.2) is 24.5 Å². The Hall–Kier alpha value is -2.35. The molecule has 1 N–H and O–H groups in total. The Morgan fingerprint density at radius 2 is 1.88 bits per heavy atom. The molecule has 7 nitrogen and oxygen atoms in total. The Kier molecular flexibility index (Phi) is 5.37. The highest BCUT2D eigenvalue weighted by molar-refractivity contribution is 7.09. The molecular weight excluding hydrogens is 336 g/mol. The van der Waals surface area contributed by atoms with E-state index in [1.807, 2.05) is 12.1 Å². The van der Waals surface area contributed by atoms with Crippen molar-refractivity contribution in [3.63, 3.8) is 0 Å². The van der Waals surface area contributed by atoms with Crippen molar-refractivity contribution in [3.8, 4) is 11.4 Å². The van der Waals surface area contributed by atoms with Gasteiger partial charge in [-0.25, -0.2) is 4.98 Å². The van der Waals surface area contributed by atoms with Crippen LogP contribution in [0.15, 0.2) is 29.0 Å². The number of pyridine rings is 1. The van der Waals surface area contributed by atoms with Crippen molar-refractivity contribution in [2.45, 2.75) is 40.2 Å². The van der Waals surface area contributed by atoms with Crippen LogP contribution < -0.4 is 5.32 Å². The second-order valence-corrected chi connectivity index (χ2v) is 7.42. The summed E-state index contributed by atoms with van der Waals surface area (Å²) in [5.74, 6) is 2.75. The van der Waals surface area contributed by atoms with E-state index in [2.05, 4.69) is 57.5 Å². The molecule has 3 heterocycles. The van der Waals surface area contributed by atoms with E-state index in [-0.39, 0.29) is 12.0 Å². The molecule has 0 aliphatic rings. The van der Waals surface area contributed by atoms with Gasteiger partial charge in [-0.3, -0.25) is 4.98 Å². The molecule has 132 valence electrons. The third kappa shape index (κ3) is 4.39. The molecule has 3 aromatic heterocycles. The number of hydrogen-bond acceptors (Lipinski definition) is 8. The summed E-state index contributed by atoms with van der Waals surface area (Å²) < 4.78 is 9.91. The molecule has 0 radical (unpaired) electrons. The fraction of sp³-hybridized carbons (Fsp3) is 0.471. The van der Waals surface area contributed by atoms with E-state index in [1.54, 1.807) is 12.4 Å². The zero-order valence-electron chi connectivity index (χ0n) is 14.8. The Balaban J connectivity index is 1.78. The van der Waals surface area contributed by atoms with Crippen LogP contribution in [0.5, 0.6) is 0 Å². The van der Waals surface area contributed by atoms with Gasteiger partial charge in [-0.1, -0.05) is 32.9 Å². The van der Waals surface area contributed by atoms with Gasteiger partial charge < -0.3 is 9.84 Å². The number of rotatable bonds is 7. The zero-order chi connectivity index (χ0) is 17.8. The largest absolute Gasteiger partial charge is 0.348 e. The van der Waals surface area contributed by atoms with Gasteiger partial charge in [-0.05, 0) is 24.0 Å². The third-order valence-electron chi connectivity index (χ3n) is 3.65. The first-order valence-corrected chi connectivity index (χ1v) is 9.13. The first-order chi connectivity index (χ1) is 12.0. The quantitative estimate of drug-likeness (QED) is 0.683. The average molecular weight is 358 g/mol. The number of nitrogens with one attached hydrogen (secondary N) is 1. The highest BCUT2D eigenvalue weighted by Crippen LogP contribution is 2.28. The summed E-state index contributed by atoms with van der Waals surface area (Å²) in [5, 5.41) is 8.25. The van der Waals surface area contributed by atoms with Crippen molar-refractivity contribution < 1.29 is 4.52 Å². The lowest BCUT2D eigenvalue weighted by molar-refractivity contribution is 0.336. The van der Waals surface area contributed by atoms with Gasteiger partial charge in [0.05, 0.1) is 0 Å². The van der Waals surface area contributed by atoms with Gasteiger partial charge in [-0.2, -0.15) is 9.36 Å². The SMILES string of the molecule is CC(C)Cc1nsc(NC(c2nc(-c3ccncc3)no2)C(C)C)n1. The minimum atomic E-state index is -0.122. The summed E-state index contributed by atoms with van der Waals surface area (Å²) in [6, 6.07) is 3.59. The topological polar surface area (TPSA) is 89.6 Å². The molecule has 0 aliphatic heterocycles. The molecule has 8 heteroatoms. The van der Waals surface area contributed by atoms with Crippen LogP contribution in [0.4, 0.5) is 5.13 Å².